The number of amides is 1. The van der Waals surface area contributed by atoms with Crippen molar-refractivity contribution in [2.75, 3.05) is 37.4 Å². The van der Waals surface area contributed by atoms with Crippen molar-refractivity contribution in [2.24, 2.45) is 0 Å². The smallest absolute Gasteiger partial charge is 0.254 e. The van der Waals surface area contributed by atoms with E-state index in [0.717, 1.165) is 0 Å². The molecule has 18 heavy (non-hydrogen) atoms. The van der Waals surface area contributed by atoms with E-state index in [4.69, 9.17) is 10.5 Å². The maximum absolute atomic E-state index is 12.2. The molecular formula is C12H16N2O3S. The number of nitrogens with zero attached hydrogens (tertiary/aromatic N) is 1. The Morgan fingerprint density at radius 1 is 1.39 bits per heavy atom. The van der Waals surface area contributed by atoms with Gasteiger partial charge < -0.3 is 15.4 Å². The van der Waals surface area contributed by atoms with E-state index in [2.05, 4.69) is 0 Å². The third-order valence-electron chi connectivity index (χ3n) is 2.95. The monoisotopic (exact) mass is 268 g/mol. The normalized spacial score (nSPS) is 16.6. The van der Waals surface area contributed by atoms with Gasteiger partial charge in [-0.2, -0.15) is 0 Å². The Bertz CT molecular complexity index is 480. The van der Waals surface area contributed by atoms with Gasteiger partial charge in [0, 0.05) is 41.0 Å². The van der Waals surface area contributed by atoms with Crippen LogP contribution < -0.4 is 10.5 Å². The molecule has 1 saturated heterocycles. The van der Waals surface area contributed by atoms with Crippen molar-refractivity contribution < 1.29 is 13.7 Å². The fraction of sp³-hybridized carbons (Fsp3) is 0.417. The fourth-order valence-electron chi connectivity index (χ4n) is 1.87. The minimum atomic E-state index is -0.782. The van der Waals surface area contributed by atoms with Gasteiger partial charge >= 0.3 is 0 Å². The first-order valence-corrected chi connectivity index (χ1v) is 7.18. The molecule has 1 aliphatic heterocycles. The summed E-state index contributed by atoms with van der Waals surface area (Å²) >= 11 is 0. The number of nitrogens with two attached hydrogens (primary N) is 1. The van der Waals surface area contributed by atoms with Crippen LogP contribution in [0.3, 0.4) is 0 Å². The number of benzene rings is 1. The van der Waals surface area contributed by atoms with E-state index < -0.39 is 10.8 Å². The van der Waals surface area contributed by atoms with Crippen molar-refractivity contribution in [2.45, 2.75) is 0 Å². The summed E-state index contributed by atoms with van der Waals surface area (Å²) in [5.74, 6) is 1.54. The van der Waals surface area contributed by atoms with Crippen LogP contribution in [-0.2, 0) is 10.8 Å². The lowest BCUT2D eigenvalue weighted by atomic mass is 10.1. The summed E-state index contributed by atoms with van der Waals surface area (Å²) in [6.45, 7) is 1.08. The van der Waals surface area contributed by atoms with Crippen molar-refractivity contribution in [1.82, 2.24) is 4.90 Å². The Hall–Kier alpha value is -1.56. The zero-order valence-corrected chi connectivity index (χ0v) is 11.0. The molecule has 1 heterocycles. The van der Waals surface area contributed by atoms with Crippen molar-refractivity contribution >= 4 is 22.4 Å². The first-order valence-electron chi connectivity index (χ1n) is 5.69. The summed E-state index contributed by atoms with van der Waals surface area (Å²) in [6.07, 6.45) is 0. The second kappa shape index (κ2) is 5.39. The Morgan fingerprint density at radius 3 is 2.67 bits per heavy atom. The summed E-state index contributed by atoms with van der Waals surface area (Å²) in [6, 6.07) is 4.99. The minimum Gasteiger partial charge on any atom is -0.495 e. The van der Waals surface area contributed by atoms with Gasteiger partial charge in [0.25, 0.3) is 5.91 Å². The minimum absolute atomic E-state index is 0.0648. The van der Waals surface area contributed by atoms with Crippen molar-refractivity contribution in [3.8, 4) is 5.75 Å². The van der Waals surface area contributed by atoms with Crippen molar-refractivity contribution in [3.63, 3.8) is 0 Å². The number of ether oxygens (including phenoxy) is 1. The number of hydrogen-bond acceptors (Lipinski definition) is 4. The van der Waals surface area contributed by atoms with Crippen LogP contribution in [0.1, 0.15) is 10.4 Å². The number of carbonyl (C=O) groups is 1. The molecule has 1 aliphatic rings. The number of nitrogen functional groups attached to an aromatic ring is 1. The zero-order valence-electron chi connectivity index (χ0n) is 10.2. The molecule has 0 unspecified atom stereocenters. The Balaban J connectivity index is 2.16. The number of methoxy groups -OCH3 is 1. The van der Waals surface area contributed by atoms with Gasteiger partial charge in [-0.3, -0.25) is 9.00 Å². The van der Waals surface area contributed by atoms with Crippen molar-refractivity contribution in [3.05, 3.63) is 23.8 Å². The molecule has 0 aromatic heterocycles. The van der Waals surface area contributed by atoms with E-state index in [1.807, 2.05) is 0 Å². The summed E-state index contributed by atoms with van der Waals surface area (Å²) in [4.78, 5) is 13.9. The van der Waals surface area contributed by atoms with E-state index >= 15 is 0 Å². The van der Waals surface area contributed by atoms with Crippen LogP contribution in [0.4, 0.5) is 5.69 Å². The predicted octanol–water partition coefficient (Wildman–Crippen LogP) is 0.482. The van der Waals surface area contributed by atoms with Gasteiger partial charge in [0.15, 0.2) is 0 Å². The molecule has 6 heteroatoms. The van der Waals surface area contributed by atoms with E-state index in [0.29, 0.717) is 41.6 Å². The maximum Gasteiger partial charge on any atom is 0.254 e. The van der Waals surface area contributed by atoms with Gasteiger partial charge in [-0.15, -0.1) is 0 Å². The number of rotatable bonds is 2. The molecule has 0 atom stereocenters. The lowest BCUT2D eigenvalue weighted by Gasteiger charge is -2.26. The van der Waals surface area contributed by atoms with Gasteiger partial charge in [0.05, 0.1) is 12.8 Å². The predicted molar refractivity (Wildman–Crippen MR) is 71.2 cm³/mol. The molecule has 2 rings (SSSR count). The Morgan fingerprint density at radius 2 is 2.06 bits per heavy atom. The van der Waals surface area contributed by atoms with Crippen molar-refractivity contribution in [1.29, 1.82) is 0 Å². The summed E-state index contributed by atoms with van der Waals surface area (Å²) in [5, 5.41) is 0. The molecular weight excluding hydrogens is 252 g/mol. The van der Waals surface area contributed by atoms with Crippen LogP contribution in [0, 0.1) is 0 Å². The molecule has 1 amide bonds. The van der Waals surface area contributed by atoms with Gasteiger partial charge in [-0.05, 0) is 18.2 Å². The average Bonchev–Trinajstić information content (AvgIpc) is 2.39. The first-order chi connectivity index (χ1) is 8.61. The molecule has 98 valence electrons. The highest BCUT2D eigenvalue weighted by Gasteiger charge is 2.21. The third-order valence-corrected chi connectivity index (χ3v) is 4.22. The number of anilines is 1. The fourth-order valence-corrected chi connectivity index (χ4v) is 2.92. The second-order valence-electron chi connectivity index (χ2n) is 4.10. The lowest BCUT2D eigenvalue weighted by molar-refractivity contribution is 0.0771. The van der Waals surface area contributed by atoms with E-state index in [1.54, 1.807) is 23.1 Å². The number of hydrogen-bond donors (Lipinski definition) is 1. The number of carbonyl (C=O) groups excluding carboxylic acids is 1. The van der Waals surface area contributed by atoms with Gasteiger partial charge in [0.1, 0.15) is 5.75 Å². The van der Waals surface area contributed by atoms with Gasteiger partial charge in [-0.25, -0.2) is 0 Å². The Kier molecular flexibility index (Phi) is 3.86. The molecule has 0 aliphatic carbocycles. The highest BCUT2D eigenvalue weighted by Crippen LogP contribution is 2.23. The van der Waals surface area contributed by atoms with Crippen LogP contribution in [0.15, 0.2) is 18.2 Å². The molecule has 0 spiro atoms. The van der Waals surface area contributed by atoms with E-state index in [9.17, 15) is 9.00 Å². The third kappa shape index (κ3) is 2.64. The lowest BCUT2D eigenvalue weighted by Crippen LogP contribution is -2.41. The highest BCUT2D eigenvalue weighted by molar-refractivity contribution is 7.85. The van der Waals surface area contributed by atoms with Crippen LogP contribution in [-0.4, -0.2) is 46.7 Å². The standard InChI is InChI=1S/C12H16N2O3S/c1-17-11-8-9(2-3-10(11)13)12(15)14-4-6-18(16)7-5-14/h2-3,8H,4-7,13H2,1H3. The molecule has 1 aromatic carbocycles. The molecule has 5 nitrogen and oxygen atoms in total. The maximum atomic E-state index is 12.2. The zero-order chi connectivity index (χ0) is 13.1. The SMILES string of the molecule is COc1cc(C(=O)N2CCS(=O)CC2)ccc1N. The molecule has 0 bridgehead atoms. The molecule has 1 fully saturated rings. The highest BCUT2D eigenvalue weighted by atomic mass is 32.2. The van der Waals surface area contributed by atoms with Gasteiger partial charge in [-0.1, -0.05) is 0 Å². The van der Waals surface area contributed by atoms with Gasteiger partial charge in [0.2, 0.25) is 0 Å². The topological polar surface area (TPSA) is 72.6 Å². The van der Waals surface area contributed by atoms with Crippen LogP contribution in [0.5, 0.6) is 5.75 Å². The quantitative estimate of drug-likeness (QED) is 0.792. The van der Waals surface area contributed by atoms with Crippen LogP contribution in [0.25, 0.3) is 0 Å². The average molecular weight is 268 g/mol. The molecule has 0 saturated carbocycles. The van der Waals surface area contributed by atoms with E-state index in [1.165, 1.54) is 7.11 Å². The largest absolute Gasteiger partial charge is 0.495 e. The molecule has 1 aromatic rings. The summed E-state index contributed by atoms with van der Waals surface area (Å²) < 4.78 is 16.3. The molecule has 2 N–H and O–H groups in total. The second-order valence-corrected chi connectivity index (χ2v) is 5.79. The van der Waals surface area contributed by atoms with Crippen LogP contribution in [0.2, 0.25) is 0 Å². The van der Waals surface area contributed by atoms with E-state index in [-0.39, 0.29) is 5.91 Å². The summed E-state index contributed by atoms with van der Waals surface area (Å²) in [5.41, 5.74) is 6.76. The molecule has 0 radical (unpaired) electrons. The van der Waals surface area contributed by atoms with Crippen LogP contribution >= 0.6 is 0 Å². The first kappa shape index (κ1) is 12.9. The summed E-state index contributed by atoms with van der Waals surface area (Å²) in [7, 11) is 0.736. The Labute approximate surface area is 108 Å².